The van der Waals surface area contributed by atoms with E-state index in [2.05, 4.69) is 15.6 Å². The largest absolute Gasteiger partial charge is 0.339 e. The second-order valence-corrected chi connectivity index (χ2v) is 5.39. The zero-order valence-corrected chi connectivity index (χ0v) is 12.4. The Balaban J connectivity index is 1.59. The molecule has 0 saturated heterocycles. The maximum absolute atomic E-state index is 12.2. The number of benzene rings is 1. The second-order valence-electron chi connectivity index (χ2n) is 5.39. The van der Waals surface area contributed by atoms with Crippen molar-refractivity contribution in [3.8, 4) is 0 Å². The number of aromatic nitrogens is 2. The van der Waals surface area contributed by atoms with Gasteiger partial charge in [-0.25, -0.2) is 4.98 Å². The minimum Gasteiger partial charge on any atom is -0.339 e. The van der Waals surface area contributed by atoms with E-state index in [1.807, 2.05) is 22.8 Å². The Morgan fingerprint density at radius 3 is 2.77 bits per heavy atom. The van der Waals surface area contributed by atoms with E-state index in [1.54, 1.807) is 25.3 Å². The molecule has 0 bridgehead atoms. The smallest absolute Gasteiger partial charge is 0.272 e. The van der Waals surface area contributed by atoms with Crippen LogP contribution in [-0.2, 0) is 17.8 Å². The second kappa shape index (κ2) is 6.01. The number of fused-ring (bicyclic) bond motifs is 1. The van der Waals surface area contributed by atoms with Crippen LogP contribution >= 0.6 is 0 Å². The first-order valence-corrected chi connectivity index (χ1v) is 7.36. The lowest BCUT2D eigenvalue weighted by Crippen LogP contribution is -2.41. The zero-order valence-electron chi connectivity index (χ0n) is 12.4. The minimum absolute atomic E-state index is 0.258. The molecule has 0 radical (unpaired) electrons. The highest BCUT2D eigenvalue weighted by Crippen LogP contribution is 2.14. The van der Waals surface area contributed by atoms with Gasteiger partial charge >= 0.3 is 0 Å². The predicted molar refractivity (Wildman–Crippen MR) is 82.5 cm³/mol. The molecule has 2 amide bonds. The van der Waals surface area contributed by atoms with Crippen molar-refractivity contribution < 1.29 is 9.59 Å². The number of rotatable bonds is 4. The van der Waals surface area contributed by atoms with E-state index in [0.29, 0.717) is 11.4 Å². The van der Waals surface area contributed by atoms with Crippen molar-refractivity contribution in [2.45, 2.75) is 32.4 Å². The molecule has 2 N–H and O–H groups in total. The summed E-state index contributed by atoms with van der Waals surface area (Å²) < 4.78 is 1.99. The molecule has 6 heteroatoms. The van der Waals surface area contributed by atoms with Crippen molar-refractivity contribution in [3.63, 3.8) is 0 Å². The van der Waals surface area contributed by atoms with E-state index >= 15 is 0 Å². The Labute approximate surface area is 128 Å². The summed E-state index contributed by atoms with van der Waals surface area (Å²) in [6.07, 6.45) is 3.72. The van der Waals surface area contributed by atoms with Gasteiger partial charge in [0.1, 0.15) is 17.6 Å². The molecule has 114 valence electrons. The highest BCUT2D eigenvalue weighted by atomic mass is 16.2. The normalized spacial score (nSPS) is 14.2. The van der Waals surface area contributed by atoms with E-state index in [4.69, 9.17) is 0 Å². The summed E-state index contributed by atoms with van der Waals surface area (Å²) in [5.74, 6) is 0.357. The van der Waals surface area contributed by atoms with Crippen LogP contribution in [0, 0.1) is 0 Å². The standard InChI is InChI=1S/C16H18N4O2/c1-11(15(21)18-12-6-3-2-4-7-12)17-16(22)13-10-20-9-5-8-14(20)19-13/h2-4,6-7,10-11H,5,8-9H2,1H3,(H,17,22)(H,18,21). The lowest BCUT2D eigenvalue weighted by molar-refractivity contribution is -0.117. The molecule has 6 nitrogen and oxygen atoms in total. The van der Waals surface area contributed by atoms with Crippen molar-refractivity contribution in [3.05, 3.63) is 48.0 Å². The fourth-order valence-corrected chi connectivity index (χ4v) is 2.47. The first-order valence-electron chi connectivity index (χ1n) is 7.36. The number of imidazole rings is 1. The minimum atomic E-state index is -0.635. The Bertz CT molecular complexity index is 672. The van der Waals surface area contributed by atoms with Gasteiger partial charge in [-0.05, 0) is 25.5 Å². The Morgan fingerprint density at radius 1 is 1.27 bits per heavy atom. The molecule has 1 aromatic carbocycles. The van der Waals surface area contributed by atoms with Gasteiger partial charge in [-0.3, -0.25) is 9.59 Å². The SMILES string of the molecule is CC(NC(=O)c1cn2c(n1)CCC2)C(=O)Nc1ccccc1. The van der Waals surface area contributed by atoms with Crippen LogP contribution in [0.4, 0.5) is 5.69 Å². The Morgan fingerprint density at radius 2 is 2.05 bits per heavy atom. The number of hydrogen-bond acceptors (Lipinski definition) is 3. The van der Waals surface area contributed by atoms with Crippen molar-refractivity contribution in [1.82, 2.24) is 14.9 Å². The molecule has 3 rings (SSSR count). The van der Waals surface area contributed by atoms with Gasteiger partial charge < -0.3 is 15.2 Å². The molecule has 1 unspecified atom stereocenters. The van der Waals surface area contributed by atoms with Crippen molar-refractivity contribution in [2.75, 3.05) is 5.32 Å². The van der Waals surface area contributed by atoms with Crippen LogP contribution in [0.5, 0.6) is 0 Å². The van der Waals surface area contributed by atoms with E-state index in [9.17, 15) is 9.59 Å². The number of carbonyl (C=O) groups is 2. The van der Waals surface area contributed by atoms with Crippen molar-refractivity contribution in [2.24, 2.45) is 0 Å². The summed E-state index contributed by atoms with van der Waals surface area (Å²) in [5.41, 5.74) is 1.07. The van der Waals surface area contributed by atoms with Gasteiger partial charge in [0.25, 0.3) is 5.91 Å². The van der Waals surface area contributed by atoms with Crippen LogP contribution < -0.4 is 10.6 Å². The maximum Gasteiger partial charge on any atom is 0.272 e. The average Bonchev–Trinajstić information content (AvgIpc) is 3.09. The van der Waals surface area contributed by atoms with Gasteiger partial charge in [-0.15, -0.1) is 0 Å². The third kappa shape index (κ3) is 3.00. The third-order valence-corrected chi connectivity index (χ3v) is 3.67. The summed E-state index contributed by atoms with van der Waals surface area (Å²) in [7, 11) is 0. The monoisotopic (exact) mass is 298 g/mol. The molecule has 2 heterocycles. The maximum atomic E-state index is 12.2. The number of anilines is 1. The van der Waals surface area contributed by atoms with Gasteiger partial charge in [0.05, 0.1) is 0 Å². The molecule has 0 fully saturated rings. The van der Waals surface area contributed by atoms with Crippen LogP contribution in [0.15, 0.2) is 36.5 Å². The zero-order chi connectivity index (χ0) is 15.5. The molecular weight excluding hydrogens is 280 g/mol. The Hall–Kier alpha value is -2.63. The predicted octanol–water partition coefficient (Wildman–Crippen LogP) is 1.59. The summed E-state index contributed by atoms with van der Waals surface area (Å²) >= 11 is 0. The first-order chi connectivity index (χ1) is 10.6. The summed E-state index contributed by atoms with van der Waals surface area (Å²) in [6.45, 7) is 2.56. The van der Waals surface area contributed by atoms with E-state index < -0.39 is 6.04 Å². The summed E-state index contributed by atoms with van der Waals surface area (Å²) in [4.78, 5) is 28.5. The molecule has 1 aliphatic heterocycles. The number of aryl methyl sites for hydroxylation is 2. The fraction of sp³-hybridized carbons (Fsp3) is 0.312. The number of hydrogen-bond donors (Lipinski definition) is 2. The van der Waals surface area contributed by atoms with Crippen LogP contribution in [0.25, 0.3) is 0 Å². The molecule has 0 spiro atoms. The molecular formula is C16H18N4O2. The topological polar surface area (TPSA) is 76.0 Å². The van der Waals surface area contributed by atoms with Crippen LogP contribution in [0.3, 0.4) is 0 Å². The molecule has 0 aliphatic carbocycles. The lowest BCUT2D eigenvalue weighted by atomic mass is 10.2. The lowest BCUT2D eigenvalue weighted by Gasteiger charge is -2.13. The molecule has 1 aromatic heterocycles. The van der Waals surface area contributed by atoms with E-state index in [0.717, 1.165) is 25.2 Å². The number of nitrogens with one attached hydrogen (secondary N) is 2. The molecule has 0 saturated carbocycles. The van der Waals surface area contributed by atoms with E-state index in [1.165, 1.54) is 0 Å². The number of carbonyl (C=O) groups excluding carboxylic acids is 2. The highest BCUT2D eigenvalue weighted by Gasteiger charge is 2.21. The molecule has 1 atom stereocenters. The average molecular weight is 298 g/mol. The van der Waals surface area contributed by atoms with Crippen molar-refractivity contribution in [1.29, 1.82) is 0 Å². The molecule has 1 aliphatic rings. The van der Waals surface area contributed by atoms with Crippen molar-refractivity contribution >= 4 is 17.5 Å². The van der Waals surface area contributed by atoms with Gasteiger partial charge in [0.15, 0.2) is 0 Å². The van der Waals surface area contributed by atoms with Gasteiger partial charge in [0, 0.05) is 24.8 Å². The number of para-hydroxylation sites is 1. The number of amides is 2. The van der Waals surface area contributed by atoms with Crippen LogP contribution in [0.1, 0.15) is 29.7 Å². The fourth-order valence-electron chi connectivity index (χ4n) is 2.47. The first kappa shape index (κ1) is 14.3. The Kier molecular flexibility index (Phi) is 3.91. The molecule has 22 heavy (non-hydrogen) atoms. The summed E-state index contributed by atoms with van der Waals surface area (Å²) in [5, 5.41) is 5.44. The van der Waals surface area contributed by atoms with Crippen LogP contribution in [0.2, 0.25) is 0 Å². The van der Waals surface area contributed by atoms with E-state index in [-0.39, 0.29) is 11.8 Å². The van der Waals surface area contributed by atoms with Crippen LogP contribution in [-0.4, -0.2) is 27.4 Å². The number of nitrogens with zero attached hydrogens (tertiary/aromatic N) is 2. The van der Waals surface area contributed by atoms with Gasteiger partial charge in [-0.2, -0.15) is 0 Å². The highest BCUT2D eigenvalue weighted by molar-refractivity contribution is 6.00. The molecule has 2 aromatic rings. The van der Waals surface area contributed by atoms with Gasteiger partial charge in [0.2, 0.25) is 5.91 Å². The van der Waals surface area contributed by atoms with Gasteiger partial charge in [-0.1, -0.05) is 18.2 Å². The third-order valence-electron chi connectivity index (χ3n) is 3.67. The summed E-state index contributed by atoms with van der Waals surface area (Å²) in [6, 6.07) is 8.51. The quantitative estimate of drug-likeness (QED) is 0.900.